The van der Waals surface area contributed by atoms with Crippen molar-refractivity contribution in [1.82, 2.24) is 5.32 Å². The van der Waals surface area contributed by atoms with E-state index in [-0.39, 0.29) is 12.5 Å². The van der Waals surface area contributed by atoms with Crippen LogP contribution in [0.4, 0.5) is 0 Å². The van der Waals surface area contributed by atoms with Crippen LogP contribution in [-0.4, -0.2) is 23.4 Å². The maximum atomic E-state index is 10.6. The molecule has 1 rings (SSSR count). The van der Waals surface area contributed by atoms with Crippen LogP contribution < -0.4 is 5.32 Å². The van der Waals surface area contributed by atoms with Crippen LogP contribution in [0.5, 0.6) is 0 Å². The third kappa shape index (κ3) is 1.88. The molecule has 0 aromatic carbocycles. The number of hydrogen-bond donors (Lipinski definition) is 1. The zero-order chi connectivity index (χ0) is 7.40. The molecule has 0 saturated carbocycles. The van der Waals surface area contributed by atoms with Gasteiger partial charge in [-0.15, -0.1) is 6.58 Å². The van der Waals surface area contributed by atoms with Crippen molar-refractivity contribution in [2.75, 3.05) is 12.3 Å². The molecule has 1 aliphatic rings. The zero-order valence-electron chi connectivity index (χ0n) is 5.46. The number of aliphatic imine (C=N–C) groups is 1. The van der Waals surface area contributed by atoms with E-state index in [1.54, 1.807) is 6.08 Å². The molecule has 0 spiro atoms. The van der Waals surface area contributed by atoms with Gasteiger partial charge in [0, 0.05) is 5.75 Å². The number of amides is 1. The fourth-order valence-electron chi connectivity index (χ4n) is 0.562. The number of nitrogens with zero attached hydrogens (tertiary/aromatic N) is 1. The van der Waals surface area contributed by atoms with Gasteiger partial charge in [-0.1, -0.05) is 17.8 Å². The van der Waals surface area contributed by atoms with Crippen LogP contribution in [0.2, 0.25) is 0 Å². The summed E-state index contributed by atoms with van der Waals surface area (Å²) in [6, 6.07) is 0. The van der Waals surface area contributed by atoms with Crippen molar-refractivity contribution in [2.45, 2.75) is 0 Å². The van der Waals surface area contributed by atoms with Gasteiger partial charge in [0.25, 0.3) is 0 Å². The molecule has 0 saturated heterocycles. The minimum atomic E-state index is -0.0217. The first-order valence-corrected chi connectivity index (χ1v) is 3.89. The lowest BCUT2D eigenvalue weighted by molar-refractivity contribution is -0.117. The minimum absolute atomic E-state index is 0.0217. The van der Waals surface area contributed by atoms with E-state index in [4.69, 9.17) is 0 Å². The van der Waals surface area contributed by atoms with Gasteiger partial charge in [-0.25, -0.2) is 0 Å². The van der Waals surface area contributed by atoms with Gasteiger partial charge in [-0.3, -0.25) is 9.79 Å². The predicted octanol–water partition coefficient (Wildman–Crippen LogP) is 0.391. The highest BCUT2D eigenvalue weighted by Gasteiger charge is 2.11. The molecular formula is C6H8N2OS. The molecule has 3 nitrogen and oxygen atoms in total. The van der Waals surface area contributed by atoms with Gasteiger partial charge in [0.05, 0.1) is 0 Å². The van der Waals surface area contributed by atoms with E-state index in [1.165, 1.54) is 11.8 Å². The Kier molecular flexibility index (Phi) is 2.50. The van der Waals surface area contributed by atoms with Gasteiger partial charge in [-0.05, 0) is 0 Å². The highest BCUT2D eigenvalue weighted by molar-refractivity contribution is 8.14. The summed E-state index contributed by atoms with van der Waals surface area (Å²) in [5, 5.41) is 3.33. The van der Waals surface area contributed by atoms with Crippen molar-refractivity contribution in [3.05, 3.63) is 12.7 Å². The summed E-state index contributed by atoms with van der Waals surface area (Å²) in [4.78, 5) is 14.5. The largest absolute Gasteiger partial charge is 0.304 e. The van der Waals surface area contributed by atoms with Gasteiger partial charge < -0.3 is 5.32 Å². The smallest absolute Gasteiger partial charge is 0.247 e. The Morgan fingerprint density at radius 2 is 2.70 bits per heavy atom. The maximum absolute atomic E-state index is 10.6. The first kappa shape index (κ1) is 7.34. The Bertz CT molecular complexity index is 188. The molecule has 0 radical (unpaired) electrons. The second kappa shape index (κ2) is 3.41. The highest BCUT2D eigenvalue weighted by Crippen LogP contribution is 2.04. The number of thioether (sulfide) groups is 1. The highest BCUT2D eigenvalue weighted by atomic mass is 32.2. The summed E-state index contributed by atoms with van der Waals surface area (Å²) in [5.41, 5.74) is 0. The molecule has 10 heavy (non-hydrogen) atoms. The molecule has 1 heterocycles. The Labute approximate surface area is 63.6 Å². The number of carbonyl (C=O) groups is 1. The molecule has 1 aliphatic heterocycles. The van der Waals surface area contributed by atoms with Gasteiger partial charge in [-0.2, -0.15) is 0 Å². The maximum Gasteiger partial charge on any atom is 0.247 e. The Balaban J connectivity index is 2.29. The summed E-state index contributed by atoms with van der Waals surface area (Å²) >= 11 is 1.49. The fraction of sp³-hybridized carbons (Fsp3) is 0.333. The van der Waals surface area contributed by atoms with E-state index >= 15 is 0 Å². The van der Waals surface area contributed by atoms with Crippen molar-refractivity contribution in [2.24, 2.45) is 4.99 Å². The Morgan fingerprint density at radius 3 is 3.20 bits per heavy atom. The van der Waals surface area contributed by atoms with Crippen molar-refractivity contribution in [1.29, 1.82) is 0 Å². The van der Waals surface area contributed by atoms with Gasteiger partial charge in [0.1, 0.15) is 6.54 Å². The Morgan fingerprint density at radius 1 is 1.90 bits per heavy atom. The van der Waals surface area contributed by atoms with Crippen molar-refractivity contribution in [3.8, 4) is 0 Å². The number of rotatable bonds is 2. The molecule has 1 amide bonds. The first-order valence-electron chi connectivity index (χ1n) is 2.91. The molecule has 1 N–H and O–H groups in total. The lowest BCUT2D eigenvalue weighted by Crippen LogP contribution is -2.22. The minimum Gasteiger partial charge on any atom is -0.304 e. The van der Waals surface area contributed by atoms with Gasteiger partial charge in [0.15, 0.2) is 5.17 Å². The predicted molar refractivity (Wildman–Crippen MR) is 43.1 cm³/mol. The lowest BCUT2D eigenvalue weighted by atomic mass is 10.7. The van der Waals surface area contributed by atoms with E-state index in [1.807, 2.05) is 0 Å². The topological polar surface area (TPSA) is 41.5 Å². The van der Waals surface area contributed by atoms with Crippen LogP contribution >= 0.6 is 11.8 Å². The molecule has 54 valence electrons. The number of hydrogen-bond acceptors (Lipinski definition) is 3. The summed E-state index contributed by atoms with van der Waals surface area (Å²) in [6.45, 7) is 3.83. The normalized spacial score (nSPS) is 16.4. The van der Waals surface area contributed by atoms with E-state index in [2.05, 4.69) is 16.9 Å². The molecule has 0 aromatic heterocycles. The SMILES string of the molecule is C=CCSC1=NCC(=O)N1. The molecule has 0 unspecified atom stereocenters. The zero-order valence-corrected chi connectivity index (χ0v) is 6.28. The van der Waals surface area contributed by atoms with Crippen LogP contribution in [0.15, 0.2) is 17.6 Å². The van der Waals surface area contributed by atoms with Crippen molar-refractivity contribution in [3.63, 3.8) is 0 Å². The Hall–Kier alpha value is -0.770. The van der Waals surface area contributed by atoms with Gasteiger partial charge in [0.2, 0.25) is 5.91 Å². The molecule has 0 fully saturated rings. The van der Waals surface area contributed by atoms with Crippen LogP contribution in [0.1, 0.15) is 0 Å². The van der Waals surface area contributed by atoms with Gasteiger partial charge >= 0.3 is 0 Å². The second-order valence-electron chi connectivity index (χ2n) is 1.77. The summed E-state index contributed by atoms with van der Waals surface area (Å²) in [6.07, 6.45) is 1.78. The standard InChI is InChI=1S/C6H8N2OS/c1-2-3-10-6-7-4-5(9)8-6/h2H,1,3-4H2,(H,7,8,9). The third-order valence-corrected chi connectivity index (χ3v) is 1.86. The molecular weight excluding hydrogens is 148 g/mol. The average Bonchev–Trinajstić information content (AvgIpc) is 2.31. The van der Waals surface area contributed by atoms with E-state index in [0.717, 1.165) is 5.75 Å². The first-order chi connectivity index (χ1) is 4.83. The number of carbonyl (C=O) groups excluding carboxylic acids is 1. The van der Waals surface area contributed by atoms with Crippen LogP contribution in [0.25, 0.3) is 0 Å². The lowest BCUT2D eigenvalue weighted by Gasteiger charge is -1.94. The summed E-state index contributed by atoms with van der Waals surface area (Å²) in [7, 11) is 0. The molecule has 0 aromatic rings. The van der Waals surface area contributed by atoms with Crippen LogP contribution in [0, 0.1) is 0 Å². The van der Waals surface area contributed by atoms with Crippen LogP contribution in [0.3, 0.4) is 0 Å². The number of amidine groups is 1. The van der Waals surface area contributed by atoms with Crippen molar-refractivity contribution >= 4 is 22.8 Å². The van der Waals surface area contributed by atoms with E-state index in [9.17, 15) is 4.79 Å². The monoisotopic (exact) mass is 156 g/mol. The fourth-order valence-corrected chi connectivity index (χ4v) is 1.18. The van der Waals surface area contributed by atoms with Crippen LogP contribution in [-0.2, 0) is 4.79 Å². The molecule has 0 atom stereocenters. The molecule has 0 aliphatic carbocycles. The quantitative estimate of drug-likeness (QED) is 0.588. The third-order valence-electron chi connectivity index (χ3n) is 0.951. The summed E-state index contributed by atoms with van der Waals surface area (Å²) in [5.74, 6) is 0.769. The number of nitrogens with one attached hydrogen (secondary N) is 1. The average molecular weight is 156 g/mol. The van der Waals surface area contributed by atoms with E-state index < -0.39 is 0 Å². The summed E-state index contributed by atoms with van der Waals surface area (Å²) < 4.78 is 0. The second-order valence-corrected chi connectivity index (χ2v) is 2.78. The molecule has 4 heteroatoms. The van der Waals surface area contributed by atoms with E-state index in [0.29, 0.717) is 5.17 Å². The molecule has 0 bridgehead atoms. The van der Waals surface area contributed by atoms with Crippen molar-refractivity contribution < 1.29 is 4.79 Å².